The second-order valence-corrected chi connectivity index (χ2v) is 5.18. The van der Waals surface area contributed by atoms with Gasteiger partial charge >= 0.3 is 5.97 Å². The van der Waals surface area contributed by atoms with E-state index in [-0.39, 0.29) is 5.56 Å². The molecule has 0 amide bonds. The van der Waals surface area contributed by atoms with Gasteiger partial charge in [-0.05, 0) is 36.8 Å². The van der Waals surface area contributed by atoms with Gasteiger partial charge in [0.25, 0.3) is 0 Å². The first-order valence-electron chi connectivity index (χ1n) is 6.44. The van der Waals surface area contributed by atoms with Gasteiger partial charge in [-0.2, -0.15) is 0 Å². The summed E-state index contributed by atoms with van der Waals surface area (Å²) in [5.41, 5.74) is 7.54. The summed E-state index contributed by atoms with van der Waals surface area (Å²) in [4.78, 5) is 11.1. The fourth-order valence-corrected chi connectivity index (χ4v) is 2.44. The molecule has 0 saturated heterocycles. The van der Waals surface area contributed by atoms with Crippen molar-refractivity contribution < 1.29 is 9.90 Å². The highest BCUT2D eigenvalue weighted by Crippen LogP contribution is 2.49. The van der Waals surface area contributed by atoms with E-state index in [0.29, 0.717) is 16.8 Å². The van der Waals surface area contributed by atoms with Crippen LogP contribution in [0.4, 0.5) is 11.4 Å². The topological polar surface area (TPSA) is 75.3 Å². The van der Waals surface area contributed by atoms with Crippen molar-refractivity contribution in [3.8, 4) is 0 Å². The van der Waals surface area contributed by atoms with Gasteiger partial charge in [-0.15, -0.1) is 0 Å². The fourth-order valence-electron chi connectivity index (χ4n) is 2.44. The average molecular weight is 248 g/mol. The zero-order valence-corrected chi connectivity index (χ0v) is 10.7. The molecule has 1 aromatic rings. The predicted molar refractivity (Wildman–Crippen MR) is 72.9 cm³/mol. The third kappa shape index (κ3) is 2.58. The Kier molecular flexibility index (Phi) is 3.45. The van der Waals surface area contributed by atoms with E-state index in [1.165, 1.54) is 19.3 Å². The van der Waals surface area contributed by atoms with Crippen LogP contribution in [0.15, 0.2) is 18.2 Å². The first kappa shape index (κ1) is 12.7. The highest BCUT2D eigenvalue weighted by molar-refractivity contribution is 5.97. The Morgan fingerprint density at radius 1 is 1.50 bits per heavy atom. The number of rotatable bonds is 6. The van der Waals surface area contributed by atoms with E-state index in [1.807, 2.05) is 0 Å². The molecule has 4 nitrogen and oxygen atoms in total. The van der Waals surface area contributed by atoms with E-state index >= 15 is 0 Å². The molecule has 1 fully saturated rings. The first-order valence-corrected chi connectivity index (χ1v) is 6.44. The van der Waals surface area contributed by atoms with Crippen molar-refractivity contribution >= 4 is 17.3 Å². The Balaban J connectivity index is 2.11. The second-order valence-electron chi connectivity index (χ2n) is 5.18. The standard InChI is InChI=1S/C14H20N2O2/c1-2-6-14(7-8-14)9-16-12-10(13(17)18)4-3-5-11(12)15/h3-5,16H,2,6-9,15H2,1H3,(H,17,18). The summed E-state index contributed by atoms with van der Waals surface area (Å²) in [5.74, 6) is -0.940. The molecule has 0 unspecified atom stereocenters. The van der Waals surface area contributed by atoms with E-state index in [1.54, 1.807) is 18.2 Å². The Morgan fingerprint density at radius 3 is 2.78 bits per heavy atom. The van der Waals surface area contributed by atoms with Gasteiger partial charge in [0.1, 0.15) is 0 Å². The van der Waals surface area contributed by atoms with E-state index in [4.69, 9.17) is 10.8 Å². The molecule has 0 spiro atoms. The van der Waals surface area contributed by atoms with Gasteiger partial charge in [-0.25, -0.2) is 4.79 Å². The Bertz CT molecular complexity index is 453. The lowest BCUT2D eigenvalue weighted by Gasteiger charge is -2.18. The van der Waals surface area contributed by atoms with Gasteiger partial charge in [0.2, 0.25) is 0 Å². The molecule has 18 heavy (non-hydrogen) atoms. The molecular weight excluding hydrogens is 228 g/mol. The summed E-state index contributed by atoms with van der Waals surface area (Å²) in [6, 6.07) is 4.98. The molecule has 0 aromatic heterocycles. The number of para-hydroxylation sites is 1. The lowest BCUT2D eigenvalue weighted by Crippen LogP contribution is -2.18. The van der Waals surface area contributed by atoms with E-state index in [0.717, 1.165) is 13.0 Å². The molecule has 1 saturated carbocycles. The summed E-state index contributed by atoms with van der Waals surface area (Å²) >= 11 is 0. The maximum Gasteiger partial charge on any atom is 0.337 e. The number of hydrogen-bond acceptors (Lipinski definition) is 3. The summed E-state index contributed by atoms with van der Waals surface area (Å²) < 4.78 is 0. The first-order chi connectivity index (χ1) is 8.58. The van der Waals surface area contributed by atoms with Crippen molar-refractivity contribution in [2.24, 2.45) is 5.41 Å². The highest BCUT2D eigenvalue weighted by atomic mass is 16.4. The second kappa shape index (κ2) is 4.88. The molecule has 1 aromatic carbocycles. The number of carboxylic acids is 1. The van der Waals surface area contributed by atoms with Crippen LogP contribution in [0.2, 0.25) is 0 Å². The third-order valence-corrected chi connectivity index (χ3v) is 3.70. The summed E-state index contributed by atoms with van der Waals surface area (Å²) in [5, 5.41) is 12.4. The maximum atomic E-state index is 11.1. The monoisotopic (exact) mass is 248 g/mol. The zero-order valence-electron chi connectivity index (χ0n) is 10.7. The van der Waals surface area contributed by atoms with Gasteiger partial charge in [0.05, 0.1) is 16.9 Å². The molecule has 0 bridgehead atoms. The van der Waals surface area contributed by atoms with E-state index < -0.39 is 5.97 Å². The van der Waals surface area contributed by atoms with Crippen LogP contribution in [0.3, 0.4) is 0 Å². The van der Waals surface area contributed by atoms with Crippen molar-refractivity contribution in [3.05, 3.63) is 23.8 Å². The smallest absolute Gasteiger partial charge is 0.337 e. The minimum absolute atomic E-state index is 0.252. The van der Waals surface area contributed by atoms with Gasteiger partial charge in [-0.3, -0.25) is 0 Å². The van der Waals surface area contributed by atoms with Crippen LogP contribution >= 0.6 is 0 Å². The van der Waals surface area contributed by atoms with Gasteiger partial charge in [-0.1, -0.05) is 19.4 Å². The summed E-state index contributed by atoms with van der Waals surface area (Å²) in [7, 11) is 0. The van der Waals surface area contributed by atoms with Crippen molar-refractivity contribution in [2.75, 3.05) is 17.6 Å². The average Bonchev–Trinajstić information content (AvgIpc) is 3.08. The van der Waals surface area contributed by atoms with Crippen molar-refractivity contribution in [2.45, 2.75) is 32.6 Å². The molecule has 4 heteroatoms. The fraction of sp³-hybridized carbons (Fsp3) is 0.500. The number of carbonyl (C=O) groups is 1. The molecular formula is C14H20N2O2. The van der Waals surface area contributed by atoms with E-state index in [2.05, 4.69) is 12.2 Å². The van der Waals surface area contributed by atoms with Crippen molar-refractivity contribution in [1.82, 2.24) is 0 Å². The molecule has 0 heterocycles. The molecule has 4 N–H and O–H groups in total. The van der Waals surface area contributed by atoms with Crippen LogP contribution in [-0.4, -0.2) is 17.6 Å². The van der Waals surface area contributed by atoms with Crippen LogP contribution in [0.1, 0.15) is 43.0 Å². The molecule has 98 valence electrons. The highest BCUT2D eigenvalue weighted by Gasteiger charge is 2.41. The number of hydrogen-bond donors (Lipinski definition) is 3. The van der Waals surface area contributed by atoms with Gasteiger partial charge < -0.3 is 16.2 Å². The molecule has 0 aliphatic heterocycles. The van der Waals surface area contributed by atoms with Crippen molar-refractivity contribution in [1.29, 1.82) is 0 Å². The molecule has 0 radical (unpaired) electrons. The number of nitrogens with one attached hydrogen (secondary N) is 1. The number of benzene rings is 1. The van der Waals surface area contributed by atoms with Crippen LogP contribution in [0.25, 0.3) is 0 Å². The normalized spacial score (nSPS) is 16.3. The minimum atomic E-state index is -0.940. The summed E-state index contributed by atoms with van der Waals surface area (Å²) in [6.07, 6.45) is 4.80. The molecule has 0 atom stereocenters. The number of carboxylic acid groups (broad SMARTS) is 1. The molecule has 1 aliphatic carbocycles. The quantitative estimate of drug-likeness (QED) is 0.676. The lowest BCUT2D eigenvalue weighted by atomic mass is 10.0. The van der Waals surface area contributed by atoms with Crippen LogP contribution in [0.5, 0.6) is 0 Å². The molecule has 1 aliphatic rings. The number of aromatic carboxylic acids is 1. The van der Waals surface area contributed by atoms with Crippen LogP contribution < -0.4 is 11.1 Å². The lowest BCUT2D eigenvalue weighted by molar-refractivity contribution is 0.0698. The minimum Gasteiger partial charge on any atom is -0.478 e. The number of nitrogen functional groups attached to an aromatic ring is 1. The predicted octanol–water partition coefficient (Wildman–Crippen LogP) is 2.96. The zero-order chi connectivity index (χ0) is 13.2. The van der Waals surface area contributed by atoms with Crippen LogP contribution in [0, 0.1) is 5.41 Å². The van der Waals surface area contributed by atoms with Gasteiger partial charge in [0.15, 0.2) is 0 Å². The number of anilines is 2. The van der Waals surface area contributed by atoms with Gasteiger partial charge in [0, 0.05) is 6.54 Å². The number of nitrogens with two attached hydrogens (primary N) is 1. The van der Waals surface area contributed by atoms with E-state index in [9.17, 15) is 4.79 Å². The van der Waals surface area contributed by atoms with Crippen molar-refractivity contribution in [3.63, 3.8) is 0 Å². The largest absolute Gasteiger partial charge is 0.478 e. The summed E-state index contributed by atoms with van der Waals surface area (Å²) in [6.45, 7) is 2.99. The Morgan fingerprint density at radius 2 is 2.22 bits per heavy atom. The van der Waals surface area contributed by atoms with Crippen LogP contribution in [-0.2, 0) is 0 Å². The maximum absolute atomic E-state index is 11.1. The SMILES string of the molecule is CCCC1(CNc2c(N)cccc2C(=O)O)CC1. The Labute approximate surface area is 107 Å². The Hall–Kier alpha value is -1.71. The molecule has 2 rings (SSSR count). The third-order valence-electron chi connectivity index (χ3n) is 3.70.